The van der Waals surface area contributed by atoms with E-state index < -0.39 is 14.3 Å². The Hall–Kier alpha value is -1.17. The molecule has 0 bridgehead atoms. The second-order valence-corrected chi connectivity index (χ2v) is 13.7. The van der Waals surface area contributed by atoms with Gasteiger partial charge in [-0.3, -0.25) is 9.59 Å². The summed E-state index contributed by atoms with van der Waals surface area (Å²) in [4.78, 5) is 26.5. The third-order valence-corrected chi connectivity index (χ3v) is 6.61. The molecule has 6 heteroatoms. The average Bonchev–Trinajstić information content (AvgIpc) is 2.49. The van der Waals surface area contributed by atoms with Crippen LogP contribution in [-0.4, -0.2) is 45.0 Å². The Morgan fingerprint density at radius 2 is 1.88 bits per heavy atom. The molecule has 0 spiro atoms. The molecule has 0 saturated carbocycles. The van der Waals surface area contributed by atoms with E-state index in [0.29, 0.717) is 24.0 Å². The van der Waals surface area contributed by atoms with Crippen molar-refractivity contribution in [3.8, 4) is 0 Å². The Balaban J connectivity index is 3.61. The second-order valence-electron chi connectivity index (χ2n) is 8.30. The Labute approximate surface area is 157 Å². The topological polar surface area (TPSA) is 46.6 Å². The maximum Gasteiger partial charge on any atom is 0.257 e. The quantitative estimate of drug-likeness (QED) is 0.420. The molecule has 0 aromatic heterocycles. The first kappa shape index (κ1) is 21.9. The number of carbonyl (C=O) groups is 2. The third kappa shape index (κ3) is 4.71. The van der Waals surface area contributed by atoms with Crippen molar-refractivity contribution in [2.75, 3.05) is 13.7 Å². The van der Waals surface area contributed by atoms with Crippen molar-refractivity contribution in [3.05, 3.63) is 28.3 Å². The van der Waals surface area contributed by atoms with Crippen molar-refractivity contribution < 1.29 is 14.3 Å². The summed E-state index contributed by atoms with van der Waals surface area (Å²) in [5.74, 6) is -0.185. The minimum atomic E-state index is -1.85. The number of methoxy groups -OCH3 is 1. The van der Waals surface area contributed by atoms with E-state index in [4.69, 9.17) is 16.3 Å². The van der Waals surface area contributed by atoms with Gasteiger partial charge in [-0.1, -0.05) is 64.1 Å². The first-order chi connectivity index (χ1) is 11.4. The van der Waals surface area contributed by atoms with Crippen molar-refractivity contribution in [1.29, 1.82) is 0 Å². The molecule has 140 valence electrons. The molecular weight excluding hydrogens is 354 g/mol. The van der Waals surface area contributed by atoms with Gasteiger partial charge in [0.2, 0.25) is 0 Å². The van der Waals surface area contributed by atoms with Crippen LogP contribution in [0.2, 0.25) is 24.7 Å². The van der Waals surface area contributed by atoms with E-state index in [0.717, 1.165) is 5.19 Å². The Morgan fingerprint density at radius 1 is 1.32 bits per heavy atom. The monoisotopic (exact) mass is 383 g/mol. The molecule has 1 atom stereocenters. The molecule has 1 aromatic carbocycles. The highest BCUT2D eigenvalue weighted by atomic mass is 35.5. The van der Waals surface area contributed by atoms with E-state index in [9.17, 15) is 9.59 Å². The SMILES string of the molecule is CCN(C(=O)c1c([Si](C)(C)C)ccc(C=O)c1Cl)C(OC)C(C)(C)C. The molecule has 0 aliphatic heterocycles. The van der Waals surface area contributed by atoms with Crippen LogP contribution >= 0.6 is 11.6 Å². The summed E-state index contributed by atoms with van der Waals surface area (Å²) < 4.78 is 5.64. The second kappa shape index (κ2) is 8.02. The number of carbonyl (C=O) groups excluding carboxylic acids is 2. The van der Waals surface area contributed by atoms with Crippen molar-refractivity contribution >= 4 is 37.1 Å². The van der Waals surface area contributed by atoms with Crippen molar-refractivity contribution in [2.45, 2.75) is 53.6 Å². The molecular formula is C19H30ClNO3Si. The van der Waals surface area contributed by atoms with Gasteiger partial charge in [0.1, 0.15) is 6.23 Å². The third-order valence-electron chi connectivity index (χ3n) is 4.17. The molecule has 1 amide bonds. The average molecular weight is 384 g/mol. The zero-order chi connectivity index (χ0) is 19.6. The zero-order valence-electron chi connectivity index (χ0n) is 16.6. The van der Waals surface area contributed by atoms with Gasteiger partial charge >= 0.3 is 0 Å². The van der Waals surface area contributed by atoms with E-state index in [1.165, 1.54) is 0 Å². The predicted octanol–water partition coefficient (Wildman–Crippen LogP) is 4.18. The lowest BCUT2D eigenvalue weighted by molar-refractivity contribution is -0.0792. The van der Waals surface area contributed by atoms with Gasteiger partial charge in [0.15, 0.2) is 6.29 Å². The van der Waals surface area contributed by atoms with Gasteiger partial charge in [-0.2, -0.15) is 0 Å². The number of halogens is 1. The summed E-state index contributed by atoms with van der Waals surface area (Å²) in [6, 6.07) is 3.58. The number of rotatable bonds is 6. The molecule has 0 radical (unpaired) electrons. The van der Waals surface area contributed by atoms with Crippen LogP contribution in [-0.2, 0) is 4.74 Å². The predicted molar refractivity (Wildman–Crippen MR) is 107 cm³/mol. The minimum absolute atomic E-state index is 0.185. The minimum Gasteiger partial charge on any atom is -0.361 e. The van der Waals surface area contributed by atoms with Crippen LogP contribution < -0.4 is 5.19 Å². The number of aldehydes is 1. The van der Waals surface area contributed by atoms with E-state index in [1.807, 2.05) is 33.8 Å². The standard InChI is InChI=1S/C19H30ClNO3Si/c1-9-21(18(24-5)19(2,3)4)17(23)15-14(25(6,7)8)11-10-13(12-22)16(15)20/h10-12,18H,9H2,1-8H3. The van der Waals surface area contributed by atoms with E-state index >= 15 is 0 Å². The number of hydrogen-bond donors (Lipinski definition) is 0. The van der Waals surface area contributed by atoms with Crippen molar-refractivity contribution in [1.82, 2.24) is 4.90 Å². The highest BCUT2D eigenvalue weighted by Crippen LogP contribution is 2.29. The molecule has 0 heterocycles. The summed E-state index contributed by atoms with van der Waals surface area (Å²) in [6.07, 6.45) is 0.302. The summed E-state index contributed by atoms with van der Waals surface area (Å²) in [5.41, 5.74) is 0.528. The largest absolute Gasteiger partial charge is 0.361 e. The Bertz CT molecular complexity index is 647. The van der Waals surface area contributed by atoms with Gasteiger partial charge in [-0.05, 0) is 12.1 Å². The number of benzene rings is 1. The van der Waals surface area contributed by atoms with Crippen molar-refractivity contribution in [3.63, 3.8) is 0 Å². The lowest BCUT2D eigenvalue weighted by atomic mass is 9.92. The number of nitrogens with zero attached hydrogens (tertiary/aromatic N) is 1. The van der Waals surface area contributed by atoms with E-state index in [1.54, 1.807) is 18.1 Å². The summed E-state index contributed by atoms with van der Waals surface area (Å²) in [7, 11) is -0.240. The van der Waals surface area contributed by atoms with Gasteiger partial charge in [0, 0.05) is 24.6 Å². The van der Waals surface area contributed by atoms with Gasteiger partial charge < -0.3 is 9.64 Å². The van der Waals surface area contributed by atoms with Crippen LogP contribution in [0.25, 0.3) is 0 Å². The van der Waals surface area contributed by atoms with Crippen LogP contribution in [0.4, 0.5) is 0 Å². The molecule has 0 fully saturated rings. The van der Waals surface area contributed by atoms with Crippen LogP contribution in [0.3, 0.4) is 0 Å². The fourth-order valence-electron chi connectivity index (χ4n) is 3.03. The van der Waals surface area contributed by atoms with Gasteiger partial charge in [0.25, 0.3) is 5.91 Å². The lowest BCUT2D eigenvalue weighted by Crippen LogP contribution is -2.51. The number of hydrogen-bond acceptors (Lipinski definition) is 3. The molecule has 4 nitrogen and oxygen atoms in total. The van der Waals surface area contributed by atoms with Gasteiger partial charge in [0.05, 0.1) is 18.7 Å². The molecule has 1 rings (SSSR count). The van der Waals surface area contributed by atoms with E-state index in [2.05, 4.69) is 19.6 Å². The first-order valence-electron chi connectivity index (χ1n) is 8.52. The highest BCUT2D eigenvalue weighted by molar-refractivity contribution is 6.89. The maximum absolute atomic E-state index is 13.4. The molecule has 1 unspecified atom stereocenters. The summed E-state index contributed by atoms with van der Waals surface area (Å²) >= 11 is 6.48. The summed E-state index contributed by atoms with van der Waals surface area (Å²) in [6.45, 7) is 15.0. The molecule has 0 aliphatic carbocycles. The fraction of sp³-hybridized carbons (Fsp3) is 0.579. The van der Waals surface area contributed by atoms with Gasteiger partial charge in [-0.25, -0.2) is 0 Å². The molecule has 0 N–H and O–H groups in total. The van der Waals surface area contributed by atoms with Crippen LogP contribution in [0.1, 0.15) is 48.4 Å². The Kier molecular flexibility index (Phi) is 7.01. The fourth-order valence-corrected chi connectivity index (χ4v) is 4.96. The number of ether oxygens (including phenoxy) is 1. The lowest BCUT2D eigenvalue weighted by Gasteiger charge is -2.39. The van der Waals surface area contributed by atoms with Crippen LogP contribution in [0, 0.1) is 5.41 Å². The number of amides is 1. The highest BCUT2D eigenvalue weighted by Gasteiger charge is 2.36. The van der Waals surface area contributed by atoms with Gasteiger partial charge in [-0.15, -0.1) is 0 Å². The molecule has 25 heavy (non-hydrogen) atoms. The van der Waals surface area contributed by atoms with Crippen molar-refractivity contribution in [2.24, 2.45) is 5.41 Å². The molecule has 0 aliphatic rings. The summed E-state index contributed by atoms with van der Waals surface area (Å²) in [5, 5.41) is 1.19. The first-order valence-corrected chi connectivity index (χ1v) is 12.4. The molecule has 1 aromatic rings. The maximum atomic E-state index is 13.4. The molecule has 0 saturated heterocycles. The van der Waals surface area contributed by atoms with E-state index in [-0.39, 0.29) is 16.3 Å². The smallest absolute Gasteiger partial charge is 0.257 e. The Morgan fingerprint density at radius 3 is 2.24 bits per heavy atom. The normalized spacial score (nSPS) is 13.5. The van der Waals surface area contributed by atoms with Crippen LogP contribution in [0.15, 0.2) is 12.1 Å². The zero-order valence-corrected chi connectivity index (χ0v) is 18.3. The van der Waals surface area contributed by atoms with Crippen LogP contribution in [0.5, 0.6) is 0 Å².